The number of benzene rings is 2. The molecule has 0 unspecified atom stereocenters. The molecule has 0 aromatic heterocycles. The highest BCUT2D eigenvalue weighted by atomic mass is 32.2. The summed E-state index contributed by atoms with van der Waals surface area (Å²) in [6.07, 6.45) is 8.29. The number of amides is 1. The molecule has 1 aliphatic heterocycles. The minimum Gasteiger partial charge on any atom is -0.337 e. The molecule has 0 aliphatic carbocycles. The molecule has 0 spiro atoms. The summed E-state index contributed by atoms with van der Waals surface area (Å²) in [4.78, 5) is 15.6. The quantitative estimate of drug-likeness (QED) is 0.313. The van der Waals surface area contributed by atoms with Crippen LogP contribution in [0.1, 0.15) is 43.2 Å². The van der Waals surface area contributed by atoms with Gasteiger partial charge in [0.1, 0.15) is 0 Å². The summed E-state index contributed by atoms with van der Waals surface area (Å²) in [6, 6.07) is 20.2. The van der Waals surface area contributed by atoms with E-state index in [2.05, 4.69) is 30.8 Å². The number of rotatable bonds is 13. The van der Waals surface area contributed by atoms with Gasteiger partial charge in [-0.05, 0) is 56.1 Å². The molecule has 1 heterocycles. The molecule has 2 aromatic rings. The van der Waals surface area contributed by atoms with Crippen molar-refractivity contribution in [2.45, 2.75) is 51.0 Å². The van der Waals surface area contributed by atoms with Gasteiger partial charge in [0.25, 0.3) is 10.1 Å². The number of hydrogen-bond donors (Lipinski definition) is 0. The topological polar surface area (TPSA) is 63.7 Å². The molecule has 1 saturated heterocycles. The summed E-state index contributed by atoms with van der Waals surface area (Å²) in [6.45, 7) is 4.50. The third-order valence-corrected chi connectivity index (χ3v) is 7.03. The van der Waals surface area contributed by atoms with Gasteiger partial charge in [0.15, 0.2) is 0 Å². The van der Waals surface area contributed by atoms with Crippen LogP contribution in [0.5, 0.6) is 0 Å². The van der Waals surface area contributed by atoms with Gasteiger partial charge >= 0.3 is 0 Å². The van der Waals surface area contributed by atoms with Crippen LogP contribution in [-0.4, -0.2) is 44.7 Å². The molecule has 2 atom stereocenters. The molecule has 5 nitrogen and oxygen atoms in total. The normalized spacial score (nSPS) is 20.8. The molecule has 6 heteroatoms. The molecule has 0 N–H and O–H groups in total. The van der Waals surface area contributed by atoms with Gasteiger partial charge in [-0.3, -0.25) is 8.98 Å². The summed E-state index contributed by atoms with van der Waals surface area (Å²) < 4.78 is 28.5. The maximum Gasteiger partial charge on any atom is 0.264 e. The smallest absolute Gasteiger partial charge is 0.264 e. The SMILES string of the molecule is C=CC[C@]1(CCCc2ccccc2)C[C@@H](COS(C)(=O)=O)N(CCCc2ccccc2)C1=O. The van der Waals surface area contributed by atoms with Gasteiger partial charge in [-0.15, -0.1) is 6.58 Å². The average molecular weight is 470 g/mol. The second-order valence-corrected chi connectivity index (χ2v) is 10.7. The third-order valence-electron chi connectivity index (χ3n) is 6.46. The number of carbonyl (C=O) groups excluding carboxylic acids is 1. The fourth-order valence-corrected chi connectivity index (χ4v) is 5.29. The van der Waals surface area contributed by atoms with Crippen molar-refractivity contribution in [3.63, 3.8) is 0 Å². The highest BCUT2D eigenvalue weighted by molar-refractivity contribution is 7.85. The molecule has 1 amide bonds. The van der Waals surface area contributed by atoms with Gasteiger partial charge in [0.2, 0.25) is 5.91 Å². The van der Waals surface area contributed by atoms with Crippen LogP contribution in [0.25, 0.3) is 0 Å². The van der Waals surface area contributed by atoms with E-state index in [-0.39, 0.29) is 18.6 Å². The molecule has 0 radical (unpaired) electrons. The summed E-state index contributed by atoms with van der Waals surface area (Å²) in [5.74, 6) is 0.102. The van der Waals surface area contributed by atoms with Crippen molar-refractivity contribution < 1.29 is 17.4 Å². The molecular formula is C27H35NO4S. The molecule has 0 bridgehead atoms. The summed E-state index contributed by atoms with van der Waals surface area (Å²) in [7, 11) is -3.58. The van der Waals surface area contributed by atoms with E-state index in [9.17, 15) is 13.2 Å². The van der Waals surface area contributed by atoms with Crippen LogP contribution >= 0.6 is 0 Å². The van der Waals surface area contributed by atoms with Gasteiger partial charge < -0.3 is 4.90 Å². The van der Waals surface area contributed by atoms with Crippen LogP contribution in [0.2, 0.25) is 0 Å². The number of nitrogens with zero attached hydrogens (tertiary/aromatic N) is 1. The van der Waals surface area contributed by atoms with Crippen molar-refractivity contribution in [3.05, 3.63) is 84.4 Å². The molecule has 3 rings (SSSR count). The van der Waals surface area contributed by atoms with E-state index < -0.39 is 15.5 Å². The first-order valence-electron chi connectivity index (χ1n) is 11.7. The zero-order valence-corrected chi connectivity index (χ0v) is 20.3. The molecule has 178 valence electrons. The van der Waals surface area contributed by atoms with E-state index in [4.69, 9.17) is 4.18 Å². The van der Waals surface area contributed by atoms with E-state index >= 15 is 0 Å². The number of allylic oxidation sites excluding steroid dienone is 1. The lowest BCUT2D eigenvalue weighted by Gasteiger charge is -2.27. The number of carbonyl (C=O) groups is 1. The Labute approximate surface area is 198 Å². The van der Waals surface area contributed by atoms with Crippen molar-refractivity contribution in [3.8, 4) is 0 Å². The van der Waals surface area contributed by atoms with Crippen molar-refractivity contribution in [1.82, 2.24) is 4.90 Å². The highest BCUT2D eigenvalue weighted by Gasteiger charge is 2.50. The summed E-state index contributed by atoms with van der Waals surface area (Å²) in [5, 5.41) is 0. The van der Waals surface area contributed by atoms with Crippen LogP contribution < -0.4 is 0 Å². The summed E-state index contributed by atoms with van der Waals surface area (Å²) >= 11 is 0. The number of likely N-dealkylation sites (tertiary alicyclic amines) is 1. The lowest BCUT2D eigenvalue weighted by Crippen LogP contribution is -2.39. The Morgan fingerprint density at radius 1 is 1.03 bits per heavy atom. The molecular weight excluding hydrogens is 434 g/mol. The molecule has 1 fully saturated rings. The first-order chi connectivity index (χ1) is 15.8. The van der Waals surface area contributed by atoms with Crippen molar-refractivity contribution >= 4 is 16.0 Å². The first-order valence-corrected chi connectivity index (χ1v) is 13.5. The molecule has 0 saturated carbocycles. The van der Waals surface area contributed by atoms with E-state index in [0.717, 1.165) is 38.4 Å². The zero-order chi connectivity index (χ0) is 23.7. The van der Waals surface area contributed by atoms with E-state index in [0.29, 0.717) is 19.4 Å². The van der Waals surface area contributed by atoms with E-state index in [1.54, 1.807) is 0 Å². The number of hydrogen-bond acceptors (Lipinski definition) is 4. The van der Waals surface area contributed by atoms with Gasteiger partial charge in [-0.1, -0.05) is 66.7 Å². The monoisotopic (exact) mass is 469 g/mol. The number of aryl methyl sites for hydroxylation is 2. The van der Waals surface area contributed by atoms with Crippen molar-refractivity contribution in [2.75, 3.05) is 19.4 Å². The fraction of sp³-hybridized carbons (Fsp3) is 0.444. The summed E-state index contributed by atoms with van der Waals surface area (Å²) in [5.41, 5.74) is 1.94. The Kier molecular flexibility index (Phi) is 8.87. The Hall–Kier alpha value is -2.44. The minimum atomic E-state index is -3.58. The van der Waals surface area contributed by atoms with Crippen LogP contribution in [0.4, 0.5) is 0 Å². The third kappa shape index (κ3) is 7.27. The Balaban J connectivity index is 1.71. The van der Waals surface area contributed by atoms with Gasteiger partial charge in [0.05, 0.1) is 24.3 Å². The Morgan fingerprint density at radius 2 is 1.61 bits per heavy atom. The lowest BCUT2D eigenvalue weighted by atomic mass is 9.77. The minimum absolute atomic E-state index is 0.00743. The maximum atomic E-state index is 13.7. The van der Waals surface area contributed by atoms with Crippen LogP contribution in [-0.2, 0) is 31.9 Å². The van der Waals surface area contributed by atoms with Crippen molar-refractivity contribution in [1.29, 1.82) is 0 Å². The largest absolute Gasteiger partial charge is 0.337 e. The second kappa shape index (κ2) is 11.6. The van der Waals surface area contributed by atoms with Crippen molar-refractivity contribution in [2.24, 2.45) is 5.41 Å². The Bertz CT molecular complexity index is 1010. The molecule has 1 aliphatic rings. The molecule has 2 aromatic carbocycles. The Morgan fingerprint density at radius 3 is 2.15 bits per heavy atom. The highest BCUT2D eigenvalue weighted by Crippen LogP contribution is 2.44. The molecule has 33 heavy (non-hydrogen) atoms. The van der Waals surface area contributed by atoms with Gasteiger partial charge in [-0.25, -0.2) is 0 Å². The van der Waals surface area contributed by atoms with Crippen LogP contribution in [0.15, 0.2) is 73.3 Å². The standard InChI is InChI=1S/C27H35NO4S/c1-3-18-27(19-10-16-23-12-6-4-7-13-23)21-25(22-32-33(2,30)31)28(26(27)29)20-11-17-24-14-8-5-9-15-24/h3-9,12-15,25H,1,10-11,16-22H2,2H3/t25-,27-/m0/s1. The fourth-order valence-electron chi connectivity index (χ4n) is 4.89. The van der Waals surface area contributed by atoms with Crippen LogP contribution in [0, 0.1) is 5.41 Å². The predicted octanol–water partition coefficient (Wildman–Crippen LogP) is 4.78. The first kappa shape index (κ1) is 25.2. The van der Waals surface area contributed by atoms with Crippen LogP contribution in [0.3, 0.4) is 0 Å². The average Bonchev–Trinajstić information content (AvgIpc) is 3.05. The van der Waals surface area contributed by atoms with Gasteiger partial charge in [-0.2, -0.15) is 8.42 Å². The zero-order valence-electron chi connectivity index (χ0n) is 19.5. The second-order valence-electron chi connectivity index (χ2n) is 9.05. The van der Waals surface area contributed by atoms with E-state index in [1.165, 1.54) is 11.1 Å². The maximum absolute atomic E-state index is 13.7. The van der Waals surface area contributed by atoms with E-state index in [1.807, 2.05) is 47.4 Å². The van der Waals surface area contributed by atoms with Gasteiger partial charge in [0, 0.05) is 6.54 Å². The lowest BCUT2D eigenvalue weighted by molar-refractivity contribution is -0.137. The predicted molar refractivity (Wildman–Crippen MR) is 132 cm³/mol.